The van der Waals surface area contributed by atoms with E-state index in [2.05, 4.69) is 9.97 Å². The van der Waals surface area contributed by atoms with E-state index in [1.54, 1.807) is 0 Å². The number of benzene rings is 1. The second-order valence-corrected chi connectivity index (χ2v) is 3.84. The van der Waals surface area contributed by atoms with Gasteiger partial charge in [0.15, 0.2) is 0 Å². The Bertz CT molecular complexity index is 564. The standard InChI is InChI=1S/C12H11N3O2/c16-12(15-6-3-7-17-15)11-8-13-9-4-1-2-5-10(9)14-11/h1-2,4-5,8H,3,6-7H2. The highest BCUT2D eigenvalue weighted by Crippen LogP contribution is 2.12. The van der Waals surface area contributed by atoms with Crippen LogP contribution < -0.4 is 0 Å². The molecule has 86 valence electrons. The molecule has 0 unspecified atom stereocenters. The van der Waals surface area contributed by atoms with Crippen molar-refractivity contribution in [2.75, 3.05) is 13.2 Å². The number of aromatic nitrogens is 2. The summed E-state index contributed by atoms with van der Waals surface area (Å²) < 4.78 is 0. The van der Waals surface area contributed by atoms with E-state index in [9.17, 15) is 4.79 Å². The molecule has 1 aromatic carbocycles. The third kappa shape index (κ3) is 1.85. The van der Waals surface area contributed by atoms with Crippen LogP contribution in [-0.2, 0) is 4.84 Å². The number of amides is 1. The van der Waals surface area contributed by atoms with Gasteiger partial charge in [0.1, 0.15) is 5.69 Å². The van der Waals surface area contributed by atoms with Gasteiger partial charge in [-0.1, -0.05) is 12.1 Å². The lowest BCUT2D eigenvalue weighted by molar-refractivity contribution is -0.0771. The van der Waals surface area contributed by atoms with Crippen LogP contribution in [0.5, 0.6) is 0 Å². The molecule has 1 amide bonds. The minimum atomic E-state index is -0.222. The highest BCUT2D eigenvalue weighted by Gasteiger charge is 2.22. The number of para-hydroxylation sites is 2. The molecule has 0 spiro atoms. The smallest absolute Gasteiger partial charge is 0.271 e. The van der Waals surface area contributed by atoms with Crippen LogP contribution in [-0.4, -0.2) is 34.1 Å². The van der Waals surface area contributed by atoms with E-state index < -0.39 is 0 Å². The van der Waals surface area contributed by atoms with Crippen molar-refractivity contribution in [3.8, 4) is 0 Å². The van der Waals surface area contributed by atoms with Crippen LogP contribution in [0.1, 0.15) is 16.9 Å². The maximum absolute atomic E-state index is 12.0. The summed E-state index contributed by atoms with van der Waals surface area (Å²) in [6, 6.07) is 7.46. The molecule has 0 aliphatic carbocycles. The molecule has 3 rings (SSSR count). The molecule has 1 saturated heterocycles. The molecule has 0 N–H and O–H groups in total. The number of fused-ring (bicyclic) bond motifs is 1. The Kier molecular flexibility index (Phi) is 2.45. The molecule has 0 saturated carbocycles. The minimum absolute atomic E-state index is 0.222. The van der Waals surface area contributed by atoms with E-state index in [1.807, 2.05) is 24.3 Å². The van der Waals surface area contributed by atoms with Crippen molar-refractivity contribution in [3.63, 3.8) is 0 Å². The summed E-state index contributed by atoms with van der Waals surface area (Å²) in [6.07, 6.45) is 2.36. The van der Waals surface area contributed by atoms with Crippen LogP contribution in [0.4, 0.5) is 0 Å². The molecule has 17 heavy (non-hydrogen) atoms. The number of carbonyl (C=O) groups excluding carboxylic acids is 1. The first-order valence-electron chi connectivity index (χ1n) is 5.51. The largest absolute Gasteiger partial charge is 0.297 e. The highest BCUT2D eigenvalue weighted by atomic mass is 16.7. The SMILES string of the molecule is O=C(c1cnc2ccccc2n1)N1CCCO1. The maximum Gasteiger partial charge on any atom is 0.297 e. The van der Waals surface area contributed by atoms with Gasteiger partial charge in [0.2, 0.25) is 0 Å². The van der Waals surface area contributed by atoms with Gasteiger partial charge in [-0.05, 0) is 18.6 Å². The summed E-state index contributed by atoms with van der Waals surface area (Å²) in [5.41, 5.74) is 1.83. The summed E-state index contributed by atoms with van der Waals surface area (Å²) in [5.74, 6) is -0.222. The van der Waals surface area contributed by atoms with Gasteiger partial charge in [0.05, 0.1) is 30.4 Å². The second kappa shape index (κ2) is 4.10. The molecular formula is C12H11N3O2. The number of nitrogens with zero attached hydrogens (tertiary/aromatic N) is 3. The first-order valence-corrected chi connectivity index (χ1v) is 5.51. The Hall–Kier alpha value is -2.01. The number of hydrogen-bond donors (Lipinski definition) is 0. The first-order chi connectivity index (χ1) is 8.34. The van der Waals surface area contributed by atoms with Crippen molar-refractivity contribution in [2.45, 2.75) is 6.42 Å². The van der Waals surface area contributed by atoms with Gasteiger partial charge in [-0.3, -0.25) is 14.6 Å². The highest BCUT2D eigenvalue weighted by molar-refractivity contribution is 5.93. The topological polar surface area (TPSA) is 55.3 Å². The average Bonchev–Trinajstić information content (AvgIpc) is 2.91. The van der Waals surface area contributed by atoms with E-state index in [4.69, 9.17) is 4.84 Å². The van der Waals surface area contributed by atoms with Gasteiger partial charge in [0, 0.05) is 0 Å². The molecule has 1 fully saturated rings. The van der Waals surface area contributed by atoms with Crippen molar-refractivity contribution in [1.82, 2.24) is 15.0 Å². The summed E-state index contributed by atoms with van der Waals surface area (Å²) in [4.78, 5) is 25.7. The Balaban J connectivity index is 1.97. The lowest BCUT2D eigenvalue weighted by Gasteiger charge is -2.12. The Morgan fingerprint density at radius 2 is 2.12 bits per heavy atom. The molecule has 1 aliphatic heterocycles. The van der Waals surface area contributed by atoms with E-state index in [1.165, 1.54) is 11.3 Å². The van der Waals surface area contributed by atoms with Crippen LogP contribution >= 0.6 is 0 Å². The number of carbonyl (C=O) groups is 1. The lowest BCUT2D eigenvalue weighted by atomic mass is 10.3. The van der Waals surface area contributed by atoms with Crippen LogP contribution in [0.25, 0.3) is 11.0 Å². The van der Waals surface area contributed by atoms with E-state index >= 15 is 0 Å². The van der Waals surface area contributed by atoms with Crippen molar-refractivity contribution < 1.29 is 9.63 Å². The zero-order chi connectivity index (χ0) is 11.7. The van der Waals surface area contributed by atoms with Gasteiger partial charge in [-0.15, -0.1) is 0 Å². The Morgan fingerprint density at radius 1 is 1.29 bits per heavy atom. The van der Waals surface area contributed by atoms with Crippen LogP contribution in [0.15, 0.2) is 30.5 Å². The van der Waals surface area contributed by atoms with E-state index in [0.717, 1.165) is 17.5 Å². The van der Waals surface area contributed by atoms with Crippen molar-refractivity contribution in [2.24, 2.45) is 0 Å². The zero-order valence-corrected chi connectivity index (χ0v) is 9.17. The van der Waals surface area contributed by atoms with Gasteiger partial charge >= 0.3 is 0 Å². The summed E-state index contributed by atoms with van der Waals surface area (Å²) in [6.45, 7) is 1.21. The molecule has 5 nitrogen and oxygen atoms in total. The predicted octanol–water partition coefficient (Wildman–Crippen LogP) is 1.41. The Morgan fingerprint density at radius 3 is 2.88 bits per heavy atom. The molecule has 0 radical (unpaired) electrons. The van der Waals surface area contributed by atoms with E-state index in [-0.39, 0.29) is 5.91 Å². The summed E-state index contributed by atoms with van der Waals surface area (Å²) >= 11 is 0. The molecule has 1 aliphatic rings. The molecule has 2 heterocycles. The first kappa shape index (κ1) is 10.2. The van der Waals surface area contributed by atoms with Crippen LogP contribution in [0.3, 0.4) is 0 Å². The van der Waals surface area contributed by atoms with Crippen LogP contribution in [0.2, 0.25) is 0 Å². The molecule has 5 heteroatoms. The predicted molar refractivity (Wildman–Crippen MR) is 61.1 cm³/mol. The Labute approximate surface area is 98.0 Å². The quantitative estimate of drug-likeness (QED) is 0.741. The lowest BCUT2D eigenvalue weighted by Crippen LogP contribution is -2.27. The van der Waals surface area contributed by atoms with Crippen LogP contribution in [0, 0.1) is 0 Å². The normalized spacial score (nSPS) is 15.4. The molecule has 0 bridgehead atoms. The fraction of sp³-hybridized carbons (Fsp3) is 0.250. The molecule has 0 atom stereocenters. The molecular weight excluding hydrogens is 218 g/mol. The van der Waals surface area contributed by atoms with Crippen molar-refractivity contribution >= 4 is 16.9 Å². The fourth-order valence-electron chi connectivity index (χ4n) is 1.80. The van der Waals surface area contributed by atoms with E-state index in [0.29, 0.717) is 18.8 Å². The third-order valence-electron chi connectivity index (χ3n) is 2.65. The maximum atomic E-state index is 12.0. The number of hydroxylamine groups is 2. The number of hydrogen-bond acceptors (Lipinski definition) is 4. The van der Waals surface area contributed by atoms with Crippen molar-refractivity contribution in [1.29, 1.82) is 0 Å². The zero-order valence-electron chi connectivity index (χ0n) is 9.17. The summed E-state index contributed by atoms with van der Waals surface area (Å²) in [7, 11) is 0. The second-order valence-electron chi connectivity index (χ2n) is 3.84. The van der Waals surface area contributed by atoms with Crippen molar-refractivity contribution in [3.05, 3.63) is 36.2 Å². The van der Waals surface area contributed by atoms with Gasteiger partial charge in [-0.25, -0.2) is 10.0 Å². The van der Waals surface area contributed by atoms with Gasteiger partial charge in [-0.2, -0.15) is 0 Å². The fourth-order valence-corrected chi connectivity index (χ4v) is 1.80. The average molecular weight is 229 g/mol. The minimum Gasteiger partial charge on any atom is -0.271 e. The molecule has 1 aromatic heterocycles. The number of rotatable bonds is 1. The third-order valence-corrected chi connectivity index (χ3v) is 2.65. The van der Waals surface area contributed by atoms with Gasteiger partial charge in [0.25, 0.3) is 5.91 Å². The van der Waals surface area contributed by atoms with Gasteiger partial charge < -0.3 is 0 Å². The molecule has 2 aromatic rings. The monoisotopic (exact) mass is 229 g/mol. The summed E-state index contributed by atoms with van der Waals surface area (Å²) in [5, 5.41) is 1.35.